The van der Waals surface area contributed by atoms with Crippen LogP contribution in [0, 0.1) is 5.92 Å². The molecule has 10 heteroatoms. The molecule has 1 aliphatic heterocycles. The van der Waals surface area contributed by atoms with Gasteiger partial charge in [-0.15, -0.1) is 0 Å². The van der Waals surface area contributed by atoms with Crippen molar-refractivity contribution in [3.8, 4) is 0 Å². The molecule has 1 aliphatic carbocycles. The number of aliphatic hydroxyl groups is 1. The fraction of sp³-hybridized carbons (Fsp3) is 0.640. The van der Waals surface area contributed by atoms with E-state index in [1.807, 2.05) is 13.0 Å². The molecule has 0 bridgehead atoms. The number of H-pyrrole nitrogens is 1. The number of nitrogens with one attached hydrogen (secondary N) is 2. The predicted octanol–water partition coefficient (Wildman–Crippen LogP) is 4.75. The lowest BCUT2D eigenvalue weighted by Gasteiger charge is -2.39. The van der Waals surface area contributed by atoms with Crippen molar-refractivity contribution in [1.82, 2.24) is 25.2 Å². The molecule has 35 heavy (non-hydrogen) atoms. The van der Waals surface area contributed by atoms with Crippen molar-refractivity contribution in [2.45, 2.75) is 77.5 Å². The van der Waals surface area contributed by atoms with Gasteiger partial charge in [0, 0.05) is 49.3 Å². The smallest absolute Gasteiger partial charge is 0.380 e. The Kier molecular flexibility index (Phi) is 8.46. The maximum Gasteiger partial charge on any atom is 0.417 e. The molecule has 0 atom stereocenters. The van der Waals surface area contributed by atoms with Crippen LogP contribution in [0.5, 0.6) is 0 Å². The second-order valence-corrected chi connectivity index (χ2v) is 9.99. The molecule has 2 fully saturated rings. The summed E-state index contributed by atoms with van der Waals surface area (Å²) >= 11 is 0. The quantitative estimate of drug-likeness (QED) is 0.538. The largest absolute Gasteiger partial charge is 0.417 e. The number of carbonyl (C=O) groups is 1. The summed E-state index contributed by atoms with van der Waals surface area (Å²) in [7, 11) is 0. The molecular weight excluding hydrogens is 459 g/mol. The summed E-state index contributed by atoms with van der Waals surface area (Å²) in [5, 5.41) is 12.9. The van der Waals surface area contributed by atoms with Crippen molar-refractivity contribution >= 4 is 22.8 Å². The Morgan fingerprint density at radius 2 is 1.94 bits per heavy atom. The lowest BCUT2D eigenvalue weighted by molar-refractivity contribution is -0.272. The zero-order valence-electron chi connectivity index (χ0n) is 20.9. The van der Waals surface area contributed by atoms with Crippen molar-refractivity contribution in [2.24, 2.45) is 5.92 Å². The molecule has 0 unspecified atom stereocenters. The number of piperidine rings is 1. The van der Waals surface area contributed by atoms with Crippen LogP contribution in [0.1, 0.15) is 77.0 Å². The normalized spacial score (nSPS) is 18.4. The number of aromatic amines is 1. The highest BCUT2D eigenvalue weighted by Crippen LogP contribution is 2.40. The highest BCUT2D eigenvalue weighted by molar-refractivity contribution is 5.88. The number of nitrogens with zero attached hydrogens (tertiary/aromatic N) is 3. The average Bonchev–Trinajstić information content (AvgIpc) is 3.55. The van der Waals surface area contributed by atoms with Gasteiger partial charge in [-0.25, -0.2) is 9.97 Å². The molecule has 0 aromatic carbocycles. The van der Waals surface area contributed by atoms with E-state index in [-0.39, 0.29) is 25.5 Å². The van der Waals surface area contributed by atoms with E-state index in [0.717, 1.165) is 47.7 Å². The molecule has 3 heterocycles. The number of rotatable bonds is 6. The molecule has 1 saturated heterocycles. The molecular formula is C25H36F3N5O2. The number of hydrogen-bond acceptors (Lipinski definition) is 5. The highest BCUT2D eigenvalue weighted by Gasteiger charge is 2.54. The zero-order valence-corrected chi connectivity index (χ0v) is 20.9. The van der Waals surface area contributed by atoms with Crippen molar-refractivity contribution in [1.29, 1.82) is 0 Å². The standard InChI is InChI=1S/C21H26F3N5O2.C4H10/c1-2-3-15(14-10-26-19-18(14)28-16(11-27-19)13-4-5-13)25-12-17(30)29-8-6-20(31,7-9-29)21(22,23)24;1-4(2)3/h3,10-11,13,25,31H,2,4-9,12H2,1H3,(H,26,27);4H,1-3H3/b15-3+;. The number of allylic oxidation sites excluding steroid dienone is 1. The second kappa shape index (κ2) is 11.0. The summed E-state index contributed by atoms with van der Waals surface area (Å²) in [6.45, 7) is 8.15. The molecule has 3 N–H and O–H groups in total. The first-order valence-corrected chi connectivity index (χ1v) is 12.3. The predicted molar refractivity (Wildman–Crippen MR) is 129 cm³/mol. The third-order valence-electron chi connectivity index (χ3n) is 5.99. The van der Waals surface area contributed by atoms with Gasteiger partial charge in [-0.2, -0.15) is 13.2 Å². The fourth-order valence-corrected chi connectivity index (χ4v) is 3.86. The van der Waals surface area contributed by atoms with E-state index in [4.69, 9.17) is 4.98 Å². The van der Waals surface area contributed by atoms with Crippen LogP contribution in [0.3, 0.4) is 0 Å². The number of aromatic nitrogens is 3. The molecule has 4 rings (SSSR count). The lowest BCUT2D eigenvalue weighted by Crippen LogP contribution is -2.55. The Morgan fingerprint density at radius 1 is 1.31 bits per heavy atom. The number of likely N-dealkylation sites (tertiary alicyclic amines) is 1. The molecule has 2 aromatic heterocycles. The monoisotopic (exact) mass is 495 g/mol. The summed E-state index contributed by atoms with van der Waals surface area (Å²) in [5.74, 6) is 0.984. The van der Waals surface area contributed by atoms with E-state index in [1.54, 1.807) is 12.4 Å². The van der Waals surface area contributed by atoms with Crippen molar-refractivity contribution in [3.05, 3.63) is 29.7 Å². The van der Waals surface area contributed by atoms with Gasteiger partial charge >= 0.3 is 6.18 Å². The SMILES string of the molecule is CC(C)C.CC/C=C(/NCC(=O)N1CCC(O)(C(F)(F)F)CC1)c1c[nH]c2ncc(C3CC3)nc12. The van der Waals surface area contributed by atoms with Gasteiger partial charge in [0.25, 0.3) is 0 Å². The number of amides is 1. The Bertz CT molecular complexity index is 1030. The maximum absolute atomic E-state index is 13.0. The van der Waals surface area contributed by atoms with E-state index < -0.39 is 24.6 Å². The molecule has 194 valence electrons. The molecule has 1 amide bonds. The molecule has 7 nitrogen and oxygen atoms in total. The topological polar surface area (TPSA) is 94.1 Å². The summed E-state index contributed by atoms with van der Waals surface area (Å²) in [6, 6.07) is 0. The minimum absolute atomic E-state index is 0.0568. The van der Waals surface area contributed by atoms with Crippen LogP contribution in [-0.2, 0) is 4.79 Å². The minimum Gasteiger partial charge on any atom is -0.380 e. The first-order valence-electron chi connectivity index (χ1n) is 12.3. The first kappa shape index (κ1) is 27.0. The van der Waals surface area contributed by atoms with Gasteiger partial charge in [0.1, 0.15) is 5.52 Å². The number of alkyl halides is 3. The third-order valence-corrected chi connectivity index (χ3v) is 5.99. The van der Waals surface area contributed by atoms with Crippen molar-refractivity contribution < 1.29 is 23.1 Å². The van der Waals surface area contributed by atoms with Crippen LogP contribution in [0.25, 0.3) is 16.9 Å². The highest BCUT2D eigenvalue weighted by atomic mass is 19.4. The van der Waals surface area contributed by atoms with Gasteiger partial charge in [-0.3, -0.25) is 4.79 Å². The van der Waals surface area contributed by atoms with Gasteiger partial charge in [0.2, 0.25) is 5.91 Å². The summed E-state index contributed by atoms with van der Waals surface area (Å²) in [4.78, 5) is 26.2. The molecule has 2 aromatic rings. The number of halogens is 3. The van der Waals surface area contributed by atoms with Gasteiger partial charge in [-0.05, 0) is 25.2 Å². The Labute approximate surface area is 204 Å². The summed E-state index contributed by atoms with van der Waals surface area (Å²) in [5.41, 5.74) is 1.19. The maximum atomic E-state index is 13.0. The van der Waals surface area contributed by atoms with Crippen LogP contribution >= 0.6 is 0 Å². The van der Waals surface area contributed by atoms with E-state index in [2.05, 4.69) is 36.1 Å². The van der Waals surface area contributed by atoms with E-state index >= 15 is 0 Å². The van der Waals surface area contributed by atoms with E-state index in [0.29, 0.717) is 11.6 Å². The fourth-order valence-electron chi connectivity index (χ4n) is 3.86. The molecule has 0 spiro atoms. The van der Waals surface area contributed by atoms with Crippen LogP contribution in [0.2, 0.25) is 0 Å². The van der Waals surface area contributed by atoms with Crippen molar-refractivity contribution in [3.63, 3.8) is 0 Å². The summed E-state index contributed by atoms with van der Waals surface area (Å²) < 4.78 is 38.9. The van der Waals surface area contributed by atoms with Gasteiger partial charge in [0.15, 0.2) is 11.2 Å². The molecule has 2 aliphatic rings. The Hall–Kier alpha value is -2.62. The van der Waals surface area contributed by atoms with E-state index in [9.17, 15) is 23.1 Å². The van der Waals surface area contributed by atoms with Crippen molar-refractivity contribution in [2.75, 3.05) is 19.6 Å². The summed E-state index contributed by atoms with van der Waals surface area (Å²) in [6.07, 6.45) is 2.77. The van der Waals surface area contributed by atoms with Crippen LogP contribution < -0.4 is 5.32 Å². The number of carbonyl (C=O) groups excluding carboxylic acids is 1. The molecule has 0 radical (unpaired) electrons. The van der Waals surface area contributed by atoms with Crippen LogP contribution in [0.4, 0.5) is 13.2 Å². The minimum atomic E-state index is -4.69. The second-order valence-electron chi connectivity index (χ2n) is 9.99. The van der Waals surface area contributed by atoms with E-state index in [1.165, 1.54) is 4.90 Å². The van der Waals surface area contributed by atoms with Gasteiger partial charge < -0.3 is 20.3 Å². The van der Waals surface area contributed by atoms with Gasteiger partial charge in [0.05, 0.1) is 18.4 Å². The first-order chi connectivity index (χ1) is 16.4. The Morgan fingerprint density at radius 3 is 2.49 bits per heavy atom. The number of fused-ring (bicyclic) bond motifs is 1. The zero-order chi connectivity index (χ0) is 25.8. The third kappa shape index (κ3) is 6.74. The number of hydrogen-bond donors (Lipinski definition) is 3. The molecule has 1 saturated carbocycles. The average molecular weight is 496 g/mol. The lowest BCUT2D eigenvalue weighted by atomic mass is 9.91. The van der Waals surface area contributed by atoms with Crippen LogP contribution in [-0.4, -0.2) is 62.3 Å². The van der Waals surface area contributed by atoms with Gasteiger partial charge in [-0.1, -0.05) is 33.8 Å². The van der Waals surface area contributed by atoms with Crippen LogP contribution in [0.15, 0.2) is 18.5 Å². The Balaban J connectivity index is 0.000000795.